The summed E-state index contributed by atoms with van der Waals surface area (Å²) in [6.07, 6.45) is 0.00819. The number of rotatable bonds is 14. The van der Waals surface area contributed by atoms with Gasteiger partial charge in [0.25, 0.3) is 0 Å². The Morgan fingerprint density at radius 1 is 1.00 bits per heavy atom. The Bertz CT molecular complexity index is 907. The molecular formula is C28H37NO5S. The third-order valence-electron chi connectivity index (χ3n) is 5.37. The highest BCUT2D eigenvalue weighted by Crippen LogP contribution is 2.32. The lowest BCUT2D eigenvalue weighted by Gasteiger charge is -2.25. The van der Waals surface area contributed by atoms with Gasteiger partial charge in [0.1, 0.15) is 25.1 Å². The Hall–Kier alpha value is -2.93. The molecule has 0 saturated heterocycles. The first-order valence-electron chi connectivity index (χ1n) is 11.9. The maximum atomic E-state index is 12.3. The standard InChI is InChI=1S/C28H37NO5S/c1-6-26(30)32-17-16-29-28(31)34-24(19-35-25-10-8-7-9-11-25)18-33-23-14-12-22(13-15-23)27(20(2)3)21(4)5/h6-15,20-21,24,27H,1,16-19H2,2-5H3,(H,29,31). The second-order valence-electron chi connectivity index (χ2n) is 8.84. The largest absolute Gasteiger partial charge is 0.490 e. The molecule has 7 heteroatoms. The van der Waals surface area contributed by atoms with Crippen LogP contribution in [0.4, 0.5) is 4.79 Å². The maximum Gasteiger partial charge on any atom is 0.407 e. The number of benzene rings is 2. The lowest BCUT2D eigenvalue weighted by molar-refractivity contribution is -0.137. The molecule has 0 aliphatic heterocycles. The molecule has 190 valence electrons. The van der Waals surface area contributed by atoms with Crippen molar-refractivity contribution in [3.05, 3.63) is 72.8 Å². The van der Waals surface area contributed by atoms with Gasteiger partial charge in [0, 0.05) is 16.7 Å². The molecule has 6 nitrogen and oxygen atoms in total. The van der Waals surface area contributed by atoms with Crippen molar-refractivity contribution in [2.24, 2.45) is 11.8 Å². The van der Waals surface area contributed by atoms with E-state index >= 15 is 0 Å². The van der Waals surface area contributed by atoms with E-state index in [0.29, 0.717) is 23.5 Å². The van der Waals surface area contributed by atoms with E-state index in [1.807, 2.05) is 42.5 Å². The van der Waals surface area contributed by atoms with Crippen molar-refractivity contribution in [1.82, 2.24) is 5.32 Å². The molecule has 1 amide bonds. The lowest BCUT2D eigenvalue weighted by atomic mass is 9.80. The van der Waals surface area contributed by atoms with E-state index in [1.165, 1.54) is 5.56 Å². The van der Waals surface area contributed by atoms with Gasteiger partial charge < -0.3 is 19.5 Å². The Labute approximate surface area is 213 Å². The van der Waals surface area contributed by atoms with Crippen LogP contribution in [-0.2, 0) is 14.3 Å². The van der Waals surface area contributed by atoms with Gasteiger partial charge in [-0.25, -0.2) is 9.59 Å². The van der Waals surface area contributed by atoms with Gasteiger partial charge in [-0.3, -0.25) is 0 Å². The summed E-state index contributed by atoms with van der Waals surface area (Å²) in [7, 11) is 0. The van der Waals surface area contributed by atoms with Crippen molar-refractivity contribution in [1.29, 1.82) is 0 Å². The number of amides is 1. The molecule has 0 aliphatic carbocycles. The van der Waals surface area contributed by atoms with Gasteiger partial charge >= 0.3 is 12.1 Å². The number of alkyl carbamates (subject to hydrolysis) is 1. The molecule has 0 saturated carbocycles. The van der Waals surface area contributed by atoms with Gasteiger partial charge in [-0.2, -0.15) is 0 Å². The van der Waals surface area contributed by atoms with E-state index in [0.717, 1.165) is 16.7 Å². The van der Waals surface area contributed by atoms with Crippen LogP contribution < -0.4 is 10.1 Å². The van der Waals surface area contributed by atoms with Crippen LogP contribution in [0.2, 0.25) is 0 Å². The smallest absolute Gasteiger partial charge is 0.407 e. The van der Waals surface area contributed by atoms with Crippen molar-refractivity contribution in [3.8, 4) is 5.75 Å². The van der Waals surface area contributed by atoms with Crippen LogP contribution in [-0.4, -0.2) is 43.7 Å². The molecule has 2 aromatic rings. The third kappa shape index (κ3) is 10.5. The summed E-state index contributed by atoms with van der Waals surface area (Å²) >= 11 is 1.59. The number of nitrogens with one attached hydrogen (secondary N) is 1. The fraction of sp³-hybridized carbons (Fsp3) is 0.429. The molecule has 0 heterocycles. The molecular weight excluding hydrogens is 462 g/mol. The first-order chi connectivity index (χ1) is 16.8. The van der Waals surface area contributed by atoms with Crippen LogP contribution >= 0.6 is 11.8 Å². The molecule has 0 aromatic heterocycles. The van der Waals surface area contributed by atoms with E-state index in [9.17, 15) is 9.59 Å². The van der Waals surface area contributed by atoms with Crippen LogP contribution in [0.15, 0.2) is 72.1 Å². The summed E-state index contributed by atoms with van der Waals surface area (Å²) in [5, 5.41) is 2.59. The molecule has 1 unspecified atom stereocenters. The van der Waals surface area contributed by atoms with Gasteiger partial charge in [0.15, 0.2) is 0 Å². The molecule has 0 aliphatic rings. The number of thioether (sulfide) groups is 1. The normalized spacial score (nSPS) is 11.9. The average molecular weight is 500 g/mol. The molecule has 0 bridgehead atoms. The molecule has 2 aromatic carbocycles. The fourth-order valence-corrected chi connectivity index (χ4v) is 4.79. The lowest BCUT2D eigenvalue weighted by Crippen LogP contribution is -2.35. The molecule has 0 spiro atoms. The second-order valence-corrected chi connectivity index (χ2v) is 9.94. The highest BCUT2D eigenvalue weighted by Gasteiger charge is 2.20. The summed E-state index contributed by atoms with van der Waals surface area (Å²) in [5.74, 6) is 2.31. The van der Waals surface area contributed by atoms with E-state index in [1.54, 1.807) is 11.8 Å². The Morgan fingerprint density at radius 3 is 2.26 bits per heavy atom. The summed E-state index contributed by atoms with van der Waals surface area (Å²) in [5.41, 5.74) is 1.30. The van der Waals surface area contributed by atoms with Gasteiger partial charge in [-0.15, -0.1) is 11.8 Å². The number of hydrogen-bond acceptors (Lipinski definition) is 6. The van der Waals surface area contributed by atoms with Crippen LogP contribution in [0, 0.1) is 11.8 Å². The van der Waals surface area contributed by atoms with E-state index in [4.69, 9.17) is 14.2 Å². The number of carbonyl (C=O) groups is 2. The Kier molecular flexibility index (Phi) is 12.2. The topological polar surface area (TPSA) is 73.9 Å². The summed E-state index contributed by atoms with van der Waals surface area (Å²) < 4.78 is 16.4. The maximum absolute atomic E-state index is 12.3. The van der Waals surface area contributed by atoms with Crippen molar-refractivity contribution < 1.29 is 23.8 Å². The van der Waals surface area contributed by atoms with Gasteiger partial charge in [-0.1, -0.05) is 64.6 Å². The molecule has 1 atom stereocenters. The third-order valence-corrected chi connectivity index (χ3v) is 6.52. The monoisotopic (exact) mass is 499 g/mol. The number of carbonyl (C=O) groups excluding carboxylic acids is 2. The van der Waals surface area contributed by atoms with E-state index < -0.39 is 18.2 Å². The van der Waals surface area contributed by atoms with Crippen LogP contribution in [0.5, 0.6) is 5.75 Å². The molecule has 2 rings (SSSR count). The van der Waals surface area contributed by atoms with E-state index in [-0.39, 0.29) is 19.8 Å². The van der Waals surface area contributed by atoms with Crippen LogP contribution in [0.3, 0.4) is 0 Å². The van der Waals surface area contributed by atoms with Crippen LogP contribution in [0.1, 0.15) is 39.2 Å². The zero-order chi connectivity index (χ0) is 25.6. The molecule has 1 N–H and O–H groups in total. The first-order valence-corrected chi connectivity index (χ1v) is 12.9. The molecule has 35 heavy (non-hydrogen) atoms. The molecule has 0 fully saturated rings. The second kappa shape index (κ2) is 15.1. The van der Waals surface area contributed by atoms with Crippen LogP contribution in [0.25, 0.3) is 0 Å². The SMILES string of the molecule is C=CC(=O)OCCNC(=O)OC(COc1ccc(C(C(C)C)C(C)C)cc1)CSc1ccccc1. The van der Waals surface area contributed by atoms with Gasteiger partial charge in [0.05, 0.1) is 6.54 Å². The average Bonchev–Trinajstić information content (AvgIpc) is 2.84. The van der Waals surface area contributed by atoms with Crippen molar-refractivity contribution in [2.75, 3.05) is 25.5 Å². The number of hydrogen-bond donors (Lipinski definition) is 1. The zero-order valence-corrected chi connectivity index (χ0v) is 21.9. The minimum atomic E-state index is -0.589. The minimum Gasteiger partial charge on any atom is -0.490 e. The Morgan fingerprint density at radius 2 is 1.66 bits per heavy atom. The predicted molar refractivity (Wildman–Crippen MR) is 141 cm³/mol. The fourth-order valence-electron chi connectivity index (χ4n) is 3.89. The summed E-state index contributed by atoms with van der Waals surface area (Å²) in [6.45, 7) is 12.7. The number of ether oxygens (including phenoxy) is 3. The Balaban J connectivity index is 1.94. The van der Waals surface area contributed by atoms with E-state index in [2.05, 4.69) is 51.7 Å². The van der Waals surface area contributed by atoms with Crippen molar-refractivity contribution in [3.63, 3.8) is 0 Å². The quantitative estimate of drug-likeness (QED) is 0.147. The van der Waals surface area contributed by atoms with Crippen molar-refractivity contribution in [2.45, 2.75) is 44.6 Å². The summed E-state index contributed by atoms with van der Waals surface area (Å²) in [4.78, 5) is 24.5. The van der Waals surface area contributed by atoms with Gasteiger partial charge in [-0.05, 0) is 47.6 Å². The predicted octanol–water partition coefficient (Wildman–Crippen LogP) is 6.08. The minimum absolute atomic E-state index is 0.0416. The summed E-state index contributed by atoms with van der Waals surface area (Å²) in [6, 6.07) is 18.1. The molecule has 0 radical (unpaired) electrons. The highest BCUT2D eigenvalue weighted by molar-refractivity contribution is 7.99. The number of esters is 1. The first kappa shape index (κ1) is 28.3. The zero-order valence-electron chi connectivity index (χ0n) is 21.1. The van der Waals surface area contributed by atoms with Crippen molar-refractivity contribution >= 4 is 23.8 Å². The highest BCUT2D eigenvalue weighted by atomic mass is 32.2. The van der Waals surface area contributed by atoms with Gasteiger partial charge in [0.2, 0.25) is 0 Å².